The van der Waals surface area contributed by atoms with Crippen molar-refractivity contribution in [2.24, 2.45) is 0 Å². The Morgan fingerprint density at radius 3 is 2.44 bits per heavy atom. The van der Waals surface area contributed by atoms with Crippen LogP contribution in [-0.4, -0.2) is 57.8 Å². The summed E-state index contributed by atoms with van der Waals surface area (Å²) in [7, 11) is 0. The van der Waals surface area contributed by atoms with Crippen LogP contribution in [0, 0.1) is 5.82 Å². The number of piperazine rings is 1. The number of amides is 1. The van der Waals surface area contributed by atoms with Gasteiger partial charge in [0.15, 0.2) is 11.4 Å². The summed E-state index contributed by atoms with van der Waals surface area (Å²) in [5, 5.41) is 0. The van der Waals surface area contributed by atoms with Crippen molar-refractivity contribution >= 4 is 17.6 Å². The second-order valence-electron chi connectivity index (χ2n) is 10.8. The van der Waals surface area contributed by atoms with Crippen molar-refractivity contribution < 1.29 is 13.9 Å². The van der Waals surface area contributed by atoms with E-state index in [0.717, 1.165) is 36.5 Å². The lowest BCUT2D eigenvalue weighted by atomic mass is 9.92. The molecule has 1 saturated heterocycles. The minimum Gasteiger partial charge on any atom is -0.485 e. The van der Waals surface area contributed by atoms with E-state index in [1.54, 1.807) is 12.3 Å². The van der Waals surface area contributed by atoms with Crippen molar-refractivity contribution in [3.05, 3.63) is 144 Å². The molecule has 0 bridgehead atoms. The molecule has 6 rings (SSSR count). The lowest BCUT2D eigenvalue weighted by Crippen LogP contribution is -2.48. The molecule has 1 unspecified atom stereocenters. The van der Waals surface area contributed by atoms with Gasteiger partial charge in [-0.3, -0.25) is 9.69 Å². The molecule has 218 valence electrons. The maximum absolute atomic E-state index is 14.4. The molecule has 1 fully saturated rings. The molecule has 1 aliphatic rings. The SMILES string of the molecule is O=C(CC(c1cccc(F)c1)c1cnc2c(OCc3ccccc3)cccn12)N1CCN(CC=Cc2ccccc2)CC1. The predicted molar refractivity (Wildman–Crippen MR) is 167 cm³/mol. The number of carbonyl (C=O) groups excluding carboxylic acids is 1. The molecule has 2 aromatic heterocycles. The van der Waals surface area contributed by atoms with E-state index in [-0.39, 0.29) is 24.1 Å². The number of imidazole rings is 1. The molecule has 1 aliphatic heterocycles. The minimum absolute atomic E-state index is 0.0557. The van der Waals surface area contributed by atoms with E-state index in [4.69, 9.17) is 4.74 Å². The fraction of sp³-hybridized carbons (Fsp3) is 0.222. The Morgan fingerprint density at radius 1 is 0.907 bits per heavy atom. The van der Waals surface area contributed by atoms with Crippen LogP contribution < -0.4 is 4.74 Å². The Morgan fingerprint density at radius 2 is 1.67 bits per heavy atom. The number of ether oxygens (including phenoxy) is 1. The summed E-state index contributed by atoms with van der Waals surface area (Å²) in [5.74, 6) is 0.0155. The molecule has 1 atom stereocenters. The van der Waals surface area contributed by atoms with Gasteiger partial charge in [-0.15, -0.1) is 0 Å². The highest BCUT2D eigenvalue weighted by Gasteiger charge is 2.27. The topological polar surface area (TPSA) is 50.1 Å². The largest absolute Gasteiger partial charge is 0.485 e. The normalized spacial score (nSPS) is 14.8. The Labute approximate surface area is 251 Å². The van der Waals surface area contributed by atoms with Gasteiger partial charge in [-0.1, -0.05) is 84.9 Å². The van der Waals surface area contributed by atoms with Gasteiger partial charge >= 0.3 is 0 Å². The monoisotopic (exact) mass is 574 g/mol. The fourth-order valence-electron chi connectivity index (χ4n) is 5.61. The van der Waals surface area contributed by atoms with Crippen molar-refractivity contribution in [2.45, 2.75) is 18.9 Å². The number of pyridine rings is 1. The maximum Gasteiger partial charge on any atom is 0.223 e. The summed E-state index contributed by atoms with van der Waals surface area (Å²) in [5.41, 5.74) is 4.48. The van der Waals surface area contributed by atoms with Crippen molar-refractivity contribution in [1.29, 1.82) is 0 Å². The average molecular weight is 575 g/mol. The molecule has 0 aliphatic carbocycles. The van der Waals surface area contributed by atoms with Gasteiger partial charge in [-0.2, -0.15) is 0 Å². The standard InChI is InChI=1S/C36H35FN4O2/c37-31-16-7-15-30(24-31)32(25-35(42)40-22-20-39(21-23-40)18-8-14-28-10-3-1-4-11-28)33-26-38-36-34(17-9-19-41(33)36)43-27-29-12-5-2-6-13-29/h1-17,19,24,26,32H,18,20-23,25,27H2. The van der Waals surface area contributed by atoms with Crippen LogP contribution in [0.25, 0.3) is 11.7 Å². The predicted octanol–water partition coefficient (Wildman–Crippen LogP) is 6.43. The van der Waals surface area contributed by atoms with Crippen LogP contribution in [0.15, 0.2) is 116 Å². The average Bonchev–Trinajstić information content (AvgIpc) is 3.48. The summed E-state index contributed by atoms with van der Waals surface area (Å²) in [6.45, 7) is 4.22. The van der Waals surface area contributed by atoms with Crippen molar-refractivity contribution in [1.82, 2.24) is 19.2 Å². The minimum atomic E-state index is -0.366. The third kappa shape index (κ3) is 7.01. The number of nitrogens with zero attached hydrogens (tertiary/aromatic N) is 4. The van der Waals surface area contributed by atoms with Crippen molar-refractivity contribution in [3.63, 3.8) is 0 Å². The van der Waals surface area contributed by atoms with Crippen molar-refractivity contribution in [3.8, 4) is 5.75 Å². The maximum atomic E-state index is 14.4. The summed E-state index contributed by atoms with van der Waals surface area (Å²) < 4.78 is 22.5. The van der Waals surface area contributed by atoms with E-state index < -0.39 is 0 Å². The third-order valence-corrected chi connectivity index (χ3v) is 7.95. The van der Waals surface area contributed by atoms with Gasteiger partial charge in [0.1, 0.15) is 12.4 Å². The third-order valence-electron chi connectivity index (χ3n) is 7.95. The Hall–Kier alpha value is -4.75. The highest BCUT2D eigenvalue weighted by molar-refractivity contribution is 5.78. The van der Waals surface area contributed by atoms with Crippen LogP contribution in [0.2, 0.25) is 0 Å². The van der Waals surface area contributed by atoms with Crippen LogP contribution in [0.4, 0.5) is 4.39 Å². The molecule has 0 N–H and O–H groups in total. The molecular weight excluding hydrogens is 539 g/mol. The number of rotatable bonds is 10. The first kappa shape index (κ1) is 28.4. The van der Waals surface area contributed by atoms with E-state index in [2.05, 4.69) is 34.2 Å². The zero-order valence-electron chi connectivity index (χ0n) is 24.1. The van der Waals surface area contributed by atoms with Crippen LogP contribution >= 0.6 is 0 Å². The molecule has 3 aromatic carbocycles. The van der Waals surface area contributed by atoms with Gasteiger partial charge in [0.25, 0.3) is 0 Å². The first-order valence-electron chi connectivity index (χ1n) is 14.7. The number of aromatic nitrogens is 2. The quantitative estimate of drug-likeness (QED) is 0.193. The van der Waals surface area contributed by atoms with E-state index in [9.17, 15) is 9.18 Å². The summed E-state index contributed by atoms with van der Waals surface area (Å²) in [4.78, 5) is 22.6. The first-order valence-corrected chi connectivity index (χ1v) is 14.7. The molecular formula is C36H35FN4O2. The summed E-state index contributed by atoms with van der Waals surface area (Å²) >= 11 is 0. The van der Waals surface area contributed by atoms with Gasteiger partial charge in [-0.25, -0.2) is 9.37 Å². The van der Waals surface area contributed by atoms with Crippen LogP contribution in [0.1, 0.15) is 34.7 Å². The van der Waals surface area contributed by atoms with E-state index in [0.29, 0.717) is 31.1 Å². The number of halogens is 1. The van der Waals surface area contributed by atoms with Gasteiger partial charge in [0, 0.05) is 57.5 Å². The zero-order chi connectivity index (χ0) is 29.4. The van der Waals surface area contributed by atoms with Crippen LogP contribution in [0.3, 0.4) is 0 Å². The summed E-state index contributed by atoms with van der Waals surface area (Å²) in [6.07, 6.45) is 8.24. The Kier molecular flexibility index (Phi) is 8.90. The van der Waals surface area contributed by atoms with E-state index >= 15 is 0 Å². The van der Waals surface area contributed by atoms with E-state index in [1.807, 2.05) is 82.2 Å². The lowest BCUT2D eigenvalue weighted by molar-refractivity contribution is -0.133. The zero-order valence-corrected chi connectivity index (χ0v) is 24.1. The first-order chi connectivity index (χ1) is 21.1. The van der Waals surface area contributed by atoms with Crippen LogP contribution in [0.5, 0.6) is 5.75 Å². The number of carbonyl (C=O) groups is 1. The molecule has 1 amide bonds. The summed E-state index contributed by atoms with van der Waals surface area (Å²) in [6, 6.07) is 30.6. The number of benzene rings is 3. The Balaban J connectivity index is 1.16. The van der Waals surface area contributed by atoms with Gasteiger partial charge in [0.05, 0.1) is 5.69 Å². The van der Waals surface area contributed by atoms with Crippen LogP contribution in [-0.2, 0) is 11.4 Å². The molecule has 3 heterocycles. The van der Waals surface area contributed by atoms with Gasteiger partial charge in [0.2, 0.25) is 5.91 Å². The second-order valence-corrected chi connectivity index (χ2v) is 10.8. The molecule has 0 saturated carbocycles. The number of fused-ring (bicyclic) bond motifs is 1. The molecule has 0 radical (unpaired) electrons. The lowest BCUT2D eigenvalue weighted by Gasteiger charge is -2.35. The molecule has 5 aromatic rings. The van der Waals surface area contributed by atoms with E-state index in [1.165, 1.54) is 17.7 Å². The fourth-order valence-corrected chi connectivity index (χ4v) is 5.61. The molecule has 7 heteroatoms. The smallest absolute Gasteiger partial charge is 0.223 e. The number of hydrogen-bond acceptors (Lipinski definition) is 4. The number of hydrogen-bond donors (Lipinski definition) is 0. The van der Waals surface area contributed by atoms with Crippen molar-refractivity contribution in [2.75, 3.05) is 32.7 Å². The highest BCUT2D eigenvalue weighted by Crippen LogP contribution is 2.32. The second kappa shape index (κ2) is 13.5. The molecule has 43 heavy (non-hydrogen) atoms. The highest BCUT2D eigenvalue weighted by atomic mass is 19.1. The van der Waals surface area contributed by atoms with Gasteiger partial charge in [-0.05, 0) is 41.0 Å². The Bertz CT molecular complexity index is 1680. The van der Waals surface area contributed by atoms with Gasteiger partial charge < -0.3 is 14.0 Å². The molecule has 0 spiro atoms. The molecule has 6 nitrogen and oxygen atoms in total.